The van der Waals surface area contributed by atoms with Crippen LogP contribution < -0.4 is 9.64 Å². The van der Waals surface area contributed by atoms with E-state index in [1.165, 1.54) is 0 Å². The van der Waals surface area contributed by atoms with Crippen LogP contribution in [0.3, 0.4) is 0 Å². The Kier molecular flexibility index (Phi) is 4.93. The molecule has 0 radical (unpaired) electrons. The third-order valence-electron chi connectivity index (χ3n) is 2.78. The molecule has 0 N–H and O–H groups in total. The molecule has 0 spiro atoms. The molecule has 1 aromatic heterocycles. The zero-order chi connectivity index (χ0) is 13.7. The highest BCUT2D eigenvalue weighted by molar-refractivity contribution is 5.48. The monoisotopic (exact) mass is 267 g/mol. The van der Waals surface area contributed by atoms with Gasteiger partial charge in [-0.2, -0.15) is 0 Å². The molecular formula is C13H21N3O3. The first kappa shape index (κ1) is 14.0. The van der Waals surface area contributed by atoms with Gasteiger partial charge in [0.05, 0.1) is 25.4 Å². The second kappa shape index (κ2) is 6.68. The molecule has 2 heterocycles. The van der Waals surface area contributed by atoms with Crippen LogP contribution >= 0.6 is 0 Å². The van der Waals surface area contributed by atoms with Gasteiger partial charge in [-0.3, -0.25) is 0 Å². The van der Waals surface area contributed by atoms with Crippen LogP contribution in [-0.2, 0) is 9.47 Å². The number of nitrogens with zero attached hydrogens (tertiary/aromatic N) is 3. The van der Waals surface area contributed by atoms with Crippen LogP contribution in [0.5, 0.6) is 5.88 Å². The third-order valence-corrected chi connectivity index (χ3v) is 2.78. The molecule has 1 unspecified atom stereocenters. The van der Waals surface area contributed by atoms with E-state index in [1.54, 1.807) is 19.5 Å². The molecule has 1 saturated heterocycles. The highest BCUT2D eigenvalue weighted by Gasteiger charge is 2.24. The van der Waals surface area contributed by atoms with Gasteiger partial charge in [-0.1, -0.05) is 0 Å². The first-order valence-corrected chi connectivity index (χ1v) is 6.54. The van der Waals surface area contributed by atoms with E-state index in [0.717, 1.165) is 18.9 Å². The lowest BCUT2D eigenvalue weighted by molar-refractivity contribution is -0.0104. The fourth-order valence-corrected chi connectivity index (χ4v) is 2.04. The summed E-state index contributed by atoms with van der Waals surface area (Å²) in [6.07, 6.45) is 3.47. The normalized spacial score (nSPS) is 19.8. The van der Waals surface area contributed by atoms with Crippen LogP contribution in [0.2, 0.25) is 0 Å². The molecule has 1 aliphatic rings. The van der Waals surface area contributed by atoms with Gasteiger partial charge in [-0.25, -0.2) is 9.97 Å². The molecule has 0 amide bonds. The summed E-state index contributed by atoms with van der Waals surface area (Å²) >= 11 is 0. The molecular weight excluding hydrogens is 246 g/mol. The van der Waals surface area contributed by atoms with Crippen molar-refractivity contribution in [3.63, 3.8) is 0 Å². The van der Waals surface area contributed by atoms with Gasteiger partial charge < -0.3 is 19.1 Å². The molecule has 0 bridgehead atoms. The van der Waals surface area contributed by atoms with Crippen molar-refractivity contribution in [1.29, 1.82) is 0 Å². The second-order valence-electron chi connectivity index (χ2n) is 4.75. The minimum Gasteiger partial charge on any atom is -0.472 e. The topological polar surface area (TPSA) is 56.7 Å². The van der Waals surface area contributed by atoms with Crippen LogP contribution in [0.25, 0.3) is 0 Å². The molecule has 6 heteroatoms. The van der Waals surface area contributed by atoms with Crippen molar-refractivity contribution in [2.45, 2.75) is 26.1 Å². The molecule has 6 nitrogen and oxygen atoms in total. The number of methoxy groups -OCH3 is 1. The lowest BCUT2D eigenvalue weighted by atomic mass is 10.3. The van der Waals surface area contributed by atoms with Gasteiger partial charge in [0.25, 0.3) is 5.88 Å². The van der Waals surface area contributed by atoms with Gasteiger partial charge in [-0.15, -0.1) is 0 Å². The van der Waals surface area contributed by atoms with E-state index in [9.17, 15) is 0 Å². The number of aromatic nitrogens is 2. The first-order valence-electron chi connectivity index (χ1n) is 6.54. The Balaban J connectivity index is 2.11. The molecule has 2 rings (SSSR count). The summed E-state index contributed by atoms with van der Waals surface area (Å²) in [7, 11) is 1.68. The maximum atomic E-state index is 5.71. The van der Waals surface area contributed by atoms with Crippen molar-refractivity contribution >= 4 is 5.82 Å². The number of morpholine rings is 1. The Morgan fingerprint density at radius 3 is 2.95 bits per heavy atom. The number of ether oxygens (including phenoxy) is 3. The second-order valence-corrected chi connectivity index (χ2v) is 4.75. The zero-order valence-corrected chi connectivity index (χ0v) is 11.7. The van der Waals surface area contributed by atoms with Crippen LogP contribution in [0, 0.1) is 0 Å². The smallest absolute Gasteiger partial charge is 0.257 e. The van der Waals surface area contributed by atoms with E-state index in [0.29, 0.717) is 19.1 Å². The summed E-state index contributed by atoms with van der Waals surface area (Å²) in [4.78, 5) is 10.8. The Morgan fingerprint density at radius 1 is 1.42 bits per heavy atom. The molecule has 1 fully saturated rings. The van der Waals surface area contributed by atoms with Gasteiger partial charge in [0.2, 0.25) is 0 Å². The number of hydrogen-bond acceptors (Lipinski definition) is 6. The van der Waals surface area contributed by atoms with E-state index in [-0.39, 0.29) is 12.2 Å². The van der Waals surface area contributed by atoms with Crippen molar-refractivity contribution in [2.75, 3.05) is 38.3 Å². The fourth-order valence-electron chi connectivity index (χ4n) is 2.04. The van der Waals surface area contributed by atoms with Crippen molar-refractivity contribution in [3.05, 3.63) is 12.4 Å². The number of anilines is 1. The van der Waals surface area contributed by atoms with E-state index in [4.69, 9.17) is 14.2 Å². The average Bonchev–Trinajstić information content (AvgIpc) is 2.39. The molecule has 106 valence electrons. The van der Waals surface area contributed by atoms with Crippen molar-refractivity contribution in [1.82, 2.24) is 9.97 Å². The summed E-state index contributed by atoms with van der Waals surface area (Å²) in [5.41, 5.74) is 0. The Hall–Kier alpha value is -1.40. The minimum atomic E-state index is 0.0626. The lowest BCUT2D eigenvalue weighted by Crippen LogP contribution is -2.45. The maximum absolute atomic E-state index is 5.71. The highest BCUT2D eigenvalue weighted by atomic mass is 16.5. The predicted octanol–water partition coefficient (Wildman–Crippen LogP) is 1.12. The number of hydrogen-bond donors (Lipinski definition) is 0. The predicted molar refractivity (Wildman–Crippen MR) is 71.6 cm³/mol. The summed E-state index contributed by atoms with van der Waals surface area (Å²) in [6.45, 7) is 6.72. The minimum absolute atomic E-state index is 0.0626. The Bertz CT molecular complexity index is 398. The SMILES string of the molecule is COCC1CN(c2nccnc2OC(C)C)CCO1. The maximum Gasteiger partial charge on any atom is 0.257 e. The zero-order valence-electron chi connectivity index (χ0n) is 11.7. The third kappa shape index (κ3) is 3.78. The average molecular weight is 267 g/mol. The lowest BCUT2D eigenvalue weighted by Gasteiger charge is -2.33. The standard InChI is InChI=1S/C13H21N3O3/c1-10(2)19-13-12(14-4-5-15-13)16-6-7-18-11(8-16)9-17-3/h4-5,10-11H,6-9H2,1-3H3. The van der Waals surface area contributed by atoms with Crippen molar-refractivity contribution in [2.24, 2.45) is 0 Å². The molecule has 1 aliphatic heterocycles. The van der Waals surface area contributed by atoms with E-state index in [1.807, 2.05) is 13.8 Å². The van der Waals surface area contributed by atoms with E-state index < -0.39 is 0 Å². The molecule has 1 aromatic rings. The first-order chi connectivity index (χ1) is 9.20. The molecule has 19 heavy (non-hydrogen) atoms. The highest BCUT2D eigenvalue weighted by Crippen LogP contribution is 2.25. The van der Waals surface area contributed by atoms with Crippen molar-refractivity contribution in [3.8, 4) is 5.88 Å². The van der Waals surface area contributed by atoms with E-state index in [2.05, 4.69) is 14.9 Å². The molecule has 0 aromatic carbocycles. The van der Waals surface area contributed by atoms with E-state index >= 15 is 0 Å². The summed E-state index contributed by atoms with van der Waals surface area (Å²) < 4.78 is 16.5. The van der Waals surface area contributed by atoms with Gasteiger partial charge in [-0.05, 0) is 13.8 Å². The summed E-state index contributed by atoms with van der Waals surface area (Å²) in [5, 5.41) is 0. The molecule has 1 atom stereocenters. The molecule has 0 aliphatic carbocycles. The van der Waals surface area contributed by atoms with Crippen molar-refractivity contribution < 1.29 is 14.2 Å². The van der Waals surface area contributed by atoms with Crippen LogP contribution in [-0.4, -0.2) is 55.6 Å². The largest absolute Gasteiger partial charge is 0.472 e. The number of rotatable bonds is 5. The van der Waals surface area contributed by atoms with Gasteiger partial charge >= 0.3 is 0 Å². The van der Waals surface area contributed by atoms with Crippen LogP contribution in [0.1, 0.15) is 13.8 Å². The fraction of sp³-hybridized carbons (Fsp3) is 0.692. The van der Waals surface area contributed by atoms with Gasteiger partial charge in [0, 0.05) is 32.6 Å². The van der Waals surface area contributed by atoms with Gasteiger partial charge in [0.1, 0.15) is 0 Å². The van der Waals surface area contributed by atoms with Gasteiger partial charge in [0.15, 0.2) is 5.82 Å². The van der Waals surface area contributed by atoms with Crippen LogP contribution in [0.15, 0.2) is 12.4 Å². The Morgan fingerprint density at radius 2 is 2.21 bits per heavy atom. The molecule has 0 saturated carbocycles. The summed E-state index contributed by atoms with van der Waals surface area (Å²) in [5.74, 6) is 1.36. The Labute approximate surface area is 113 Å². The van der Waals surface area contributed by atoms with Crippen LogP contribution in [0.4, 0.5) is 5.82 Å². The summed E-state index contributed by atoms with van der Waals surface area (Å²) in [6, 6.07) is 0. The quantitative estimate of drug-likeness (QED) is 0.796.